The van der Waals surface area contributed by atoms with E-state index in [4.69, 9.17) is 4.74 Å². The smallest absolute Gasteiger partial charge is 0.345 e. The fraction of sp³-hybridized carbons (Fsp3) is 0.875. The minimum atomic E-state index is 0.0103. The van der Waals surface area contributed by atoms with Crippen LogP contribution in [0.15, 0.2) is 4.79 Å². The Morgan fingerprint density at radius 2 is 2.00 bits per heavy atom. The normalized spacial score (nSPS) is 24.2. The minimum absolute atomic E-state index is 0.0103. The van der Waals surface area contributed by atoms with Gasteiger partial charge in [0.1, 0.15) is 5.82 Å². The van der Waals surface area contributed by atoms with Crippen molar-refractivity contribution in [1.82, 2.24) is 19.2 Å². The maximum atomic E-state index is 12.0. The zero-order chi connectivity index (χ0) is 15.5. The van der Waals surface area contributed by atoms with E-state index >= 15 is 0 Å². The predicted octanol–water partition coefficient (Wildman–Crippen LogP) is 0.893. The molecular weight excluding hydrogens is 280 g/mol. The van der Waals surface area contributed by atoms with Crippen LogP contribution in [0, 0.1) is 11.8 Å². The molecule has 2 fully saturated rings. The Morgan fingerprint density at radius 3 is 2.64 bits per heavy atom. The number of aryl methyl sites for hydroxylation is 1. The molecule has 3 heterocycles. The Morgan fingerprint density at radius 1 is 1.23 bits per heavy atom. The van der Waals surface area contributed by atoms with Gasteiger partial charge in [0.05, 0.1) is 6.61 Å². The predicted molar refractivity (Wildman–Crippen MR) is 84.9 cm³/mol. The largest absolute Gasteiger partial charge is 0.381 e. The Balaban J connectivity index is 1.51. The average molecular weight is 308 g/mol. The first-order valence-corrected chi connectivity index (χ1v) is 8.60. The molecule has 0 amide bonds. The van der Waals surface area contributed by atoms with E-state index in [1.54, 1.807) is 7.05 Å². The van der Waals surface area contributed by atoms with Crippen LogP contribution in [0.25, 0.3) is 0 Å². The van der Waals surface area contributed by atoms with E-state index in [0.29, 0.717) is 12.5 Å². The number of nitrogens with zero attached hydrogens (tertiary/aromatic N) is 4. The summed E-state index contributed by atoms with van der Waals surface area (Å²) in [6.45, 7) is 8.14. The Kier molecular flexibility index (Phi) is 4.98. The second-order valence-electron chi connectivity index (χ2n) is 6.74. The molecule has 0 radical (unpaired) electrons. The fourth-order valence-electron chi connectivity index (χ4n) is 3.75. The molecule has 0 saturated carbocycles. The van der Waals surface area contributed by atoms with Gasteiger partial charge in [0.15, 0.2) is 0 Å². The first-order valence-electron chi connectivity index (χ1n) is 8.60. The molecule has 2 aliphatic heterocycles. The highest BCUT2D eigenvalue weighted by atomic mass is 16.5. The summed E-state index contributed by atoms with van der Waals surface area (Å²) < 4.78 is 8.74. The van der Waals surface area contributed by atoms with Crippen molar-refractivity contribution < 1.29 is 4.74 Å². The zero-order valence-corrected chi connectivity index (χ0v) is 13.8. The lowest BCUT2D eigenvalue weighted by Crippen LogP contribution is -2.38. The molecule has 2 saturated heterocycles. The highest BCUT2D eigenvalue weighted by Crippen LogP contribution is 2.23. The van der Waals surface area contributed by atoms with E-state index in [2.05, 4.69) is 10.00 Å². The first-order chi connectivity index (χ1) is 10.7. The van der Waals surface area contributed by atoms with Crippen molar-refractivity contribution >= 4 is 0 Å². The Hall–Kier alpha value is -1.14. The van der Waals surface area contributed by atoms with E-state index in [1.807, 2.05) is 11.5 Å². The van der Waals surface area contributed by atoms with Gasteiger partial charge < -0.3 is 9.64 Å². The zero-order valence-electron chi connectivity index (χ0n) is 13.8. The van der Waals surface area contributed by atoms with E-state index < -0.39 is 0 Å². The third-order valence-corrected chi connectivity index (χ3v) is 5.12. The van der Waals surface area contributed by atoms with Crippen LogP contribution in [0.4, 0.5) is 0 Å². The van der Waals surface area contributed by atoms with Crippen LogP contribution in [-0.4, -0.2) is 52.1 Å². The molecule has 2 aliphatic rings. The highest BCUT2D eigenvalue weighted by Gasteiger charge is 2.25. The molecule has 1 atom stereocenters. The minimum Gasteiger partial charge on any atom is -0.381 e. The molecule has 22 heavy (non-hydrogen) atoms. The summed E-state index contributed by atoms with van der Waals surface area (Å²) >= 11 is 0. The molecule has 1 unspecified atom stereocenters. The number of aromatic nitrogens is 3. The number of hydrogen-bond donors (Lipinski definition) is 0. The quantitative estimate of drug-likeness (QED) is 0.811. The number of ether oxygens (including phenoxy) is 1. The molecule has 3 rings (SSSR count). The molecule has 6 heteroatoms. The third kappa shape index (κ3) is 3.43. The maximum absolute atomic E-state index is 12.0. The molecule has 6 nitrogen and oxygen atoms in total. The van der Waals surface area contributed by atoms with Crippen molar-refractivity contribution in [3.05, 3.63) is 16.3 Å². The summed E-state index contributed by atoms with van der Waals surface area (Å²) in [4.78, 5) is 14.5. The van der Waals surface area contributed by atoms with Crippen molar-refractivity contribution in [3.63, 3.8) is 0 Å². The third-order valence-electron chi connectivity index (χ3n) is 5.12. The summed E-state index contributed by atoms with van der Waals surface area (Å²) in [7, 11) is 1.74. The van der Waals surface area contributed by atoms with Gasteiger partial charge in [0.2, 0.25) is 0 Å². The highest BCUT2D eigenvalue weighted by molar-refractivity contribution is 4.91. The average Bonchev–Trinajstić information content (AvgIpc) is 3.11. The van der Waals surface area contributed by atoms with Gasteiger partial charge in [-0.3, -0.25) is 4.57 Å². The monoisotopic (exact) mass is 308 g/mol. The molecular formula is C16H28N4O2. The van der Waals surface area contributed by atoms with Gasteiger partial charge in [0.25, 0.3) is 0 Å². The second kappa shape index (κ2) is 6.96. The number of likely N-dealkylation sites (tertiary alicyclic amines) is 1. The van der Waals surface area contributed by atoms with Gasteiger partial charge in [-0.1, -0.05) is 0 Å². The van der Waals surface area contributed by atoms with Gasteiger partial charge in [0, 0.05) is 33.2 Å². The first kappa shape index (κ1) is 15.7. The van der Waals surface area contributed by atoms with E-state index in [9.17, 15) is 4.79 Å². The van der Waals surface area contributed by atoms with Crippen LogP contribution >= 0.6 is 0 Å². The number of hydrogen-bond acceptors (Lipinski definition) is 4. The lowest BCUT2D eigenvalue weighted by molar-refractivity contribution is 0.140. The van der Waals surface area contributed by atoms with Crippen molar-refractivity contribution in [2.45, 2.75) is 39.2 Å². The van der Waals surface area contributed by atoms with Gasteiger partial charge in [-0.25, -0.2) is 9.48 Å². The van der Waals surface area contributed by atoms with E-state index in [1.165, 1.54) is 43.6 Å². The van der Waals surface area contributed by atoms with Crippen LogP contribution in [0.1, 0.15) is 32.0 Å². The summed E-state index contributed by atoms with van der Waals surface area (Å²) in [5.74, 6) is 2.35. The van der Waals surface area contributed by atoms with Gasteiger partial charge in [-0.2, -0.15) is 5.10 Å². The molecule has 0 bridgehead atoms. The lowest BCUT2D eigenvalue weighted by Gasteiger charge is -2.33. The fourth-order valence-corrected chi connectivity index (χ4v) is 3.75. The van der Waals surface area contributed by atoms with Crippen molar-refractivity contribution in [3.8, 4) is 0 Å². The van der Waals surface area contributed by atoms with Crippen LogP contribution in [0.3, 0.4) is 0 Å². The number of piperidine rings is 1. The molecule has 0 aromatic carbocycles. The topological polar surface area (TPSA) is 52.3 Å². The SMILES string of the molecule is CCn1c(CC2CCN(CC3CCOC3)CC2)nn(C)c1=O. The van der Waals surface area contributed by atoms with Crippen LogP contribution in [0.2, 0.25) is 0 Å². The second-order valence-corrected chi connectivity index (χ2v) is 6.74. The van der Waals surface area contributed by atoms with Crippen LogP contribution in [-0.2, 0) is 24.8 Å². The Bertz CT molecular complexity index is 537. The van der Waals surface area contributed by atoms with Gasteiger partial charge in [-0.05, 0) is 51.1 Å². The molecule has 0 spiro atoms. The van der Waals surface area contributed by atoms with Crippen molar-refractivity contribution in [1.29, 1.82) is 0 Å². The molecule has 1 aromatic heterocycles. The van der Waals surface area contributed by atoms with Gasteiger partial charge in [-0.15, -0.1) is 0 Å². The Labute approximate surface area is 132 Å². The summed E-state index contributed by atoms with van der Waals surface area (Å²) in [5.41, 5.74) is 0.0103. The number of rotatable bonds is 5. The van der Waals surface area contributed by atoms with Crippen molar-refractivity contribution in [2.75, 3.05) is 32.8 Å². The lowest BCUT2D eigenvalue weighted by atomic mass is 9.92. The summed E-state index contributed by atoms with van der Waals surface area (Å²) in [6.07, 6.45) is 4.57. The van der Waals surface area contributed by atoms with Gasteiger partial charge >= 0.3 is 5.69 Å². The molecule has 1 aromatic rings. The summed E-state index contributed by atoms with van der Waals surface area (Å²) in [5, 5.41) is 4.41. The summed E-state index contributed by atoms with van der Waals surface area (Å²) in [6, 6.07) is 0. The maximum Gasteiger partial charge on any atom is 0.345 e. The molecule has 124 valence electrons. The van der Waals surface area contributed by atoms with Crippen molar-refractivity contribution in [2.24, 2.45) is 18.9 Å². The van der Waals surface area contributed by atoms with E-state index in [0.717, 1.165) is 31.4 Å². The molecule has 0 N–H and O–H groups in total. The van der Waals surface area contributed by atoms with Crippen LogP contribution < -0.4 is 5.69 Å². The van der Waals surface area contributed by atoms with Crippen LogP contribution in [0.5, 0.6) is 0 Å². The standard InChI is InChI=1S/C16H28N4O2/c1-3-20-15(17-18(2)16(20)21)10-13-4-7-19(8-5-13)11-14-6-9-22-12-14/h13-14H,3-12H2,1-2H3. The van der Waals surface area contributed by atoms with E-state index in [-0.39, 0.29) is 5.69 Å². The molecule has 0 aliphatic carbocycles.